The normalized spacial score (nSPS) is 10.6. The van der Waals surface area contributed by atoms with E-state index in [9.17, 15) is 13.6 Å². The zero-order chi connectivity index (χ0) is 10.7. The summed E-state index contributed by atoms with van der Waals surface area (Å²) in [5.74, 6) is 0. The molecule has 3 nitrogen and oxygen atoms in total. The first-order valence-corrected chi connectivity index (χ1v) is 4.52. The van der Waals surface area contributed by atoms with Crippen LogP contribution in [0.2, 0.25) is 0 Å². The monoisotopic (exact) mass is 264 g/mol. The zero-order valence-corrected chi connectivity index (χ0v) is 8.59. The highest BCUT2D eigenvalue weighted by Gasteiger charge is 2.18. The smallest absolute Gasteiger partial charge is 0.266 e. The lowest BCUT2D eigenvalue weighted by molar-refractivity contribution is 0.110. The number of carbonyl (C=O) groups excluding carboxylic acids is 1. The fourth-order valence-corrected chi connectivity index (χ4v) is 1.57. The van der Waals surface area contributed by atoms with Gasteiger partial charge in [-0.1, -0.05) is 0 Å². The summed E-state index contributed by atoms with van der Waals surface area (Å²) in [6.07, 6.45) is -2.44. The van der Waals surface area contributed by atoms with Gasteiger partial charge in [0.05, 0.1) is 5.56 Å². The van der Waals surface area contributed by atoms with Crippen molar-refractivity contribution in [1.82, 2.24) is 4.98 Å². The molecule has 0 saturated heterocycles. The quantitative estimate of drug-likeness (QED) is 0.672. The molecule has 6 heteroatoms. The molecule has 1 rings (SSSR count). The van der Waals surface area contributed by atoms with Crippen molar-refractivity contribution in [3.63, 3.8) is 0 Å². The molecule has 0 spiro atoms. The number of hydrogen-bond acceptors (Lipinski definition) is 3. The van der Waals surface area contributed by atoms with Gasteiger partial charge in [0.2, 0.25) is 0 Å². The average Bonchev–Trinajstić information content (AvgIpc) is 2.15. The fraction of sp³-hybridized carbons (Fsp3) is 0.250. The van der Waals surface area contributed by atoms with Gasteiger partial charge in [0, 0.05) is 6.54 Å². The van der Waals surface area contributed by atoms with Gasteiger partial charge in [0.25, 0.3) is 6.43 Å². The highest BCUT2D eigenvalue weighted by atomic mass is 79.9. The van der Waals surface area contributed by atoms with Crippen LogP contribution in [0.5, 0.6) is 0 Å². The SMILES string of the molecule is NCc1cc(Br)nc(C=O)c1C(F)F. The number of nitrogens with zero attached hydrogens (tertiary/aromatic N) is 1. The summed E-state index contributed by atoms with van der Waals surface area (Å²) in [6.45, 7) is -0.0539. The van der Waals surface area contributed by atoms with Crippen LogP contribution >= 0.6 is 15.9 Å². The van der Waals surface area contributed by atoms with E-state index >= 15 is 0 Å². The average molecular weight is 265 g/mol. The molecule has 76 valence electrons. The Balaban J connectivity index is 3.40. The molecule has 1 aromatic heterocycles. The van der Waals surface area contributed by atoms with Gasteiger partial charge in [0.1, 0.15) is 10.3 Å². The van der Waals surface area contributed by atoms with Crippen molar-refractivity contribution in [2.24, 2.45) is 5.73 Å². The molecule has 0 atom stereocenters. The molecule has 0 amide bonds. The van der Waals surface area contributed by atoms with Crippen molar-refractivity contribution in [3.8, 4) is 0 Å². The number of carbonyl (C=O) groups is 1. The number of rotatable bonds is 3. The van der Waals surface area contributed by atoms with E-state index in [1.807, 2.05) is 0 Å². The molecule has 0 unspecified atom stereocenters. The summed E-state index contributed by atoms with van der Waals surface area (Å²) >= 11 is 3.01. The first-order valence-electron chi connectivity index (χ1n) is 3.72. The molecule has 0 aliphatic heterocycles. The number of nitrogens with two attached hydrogens (primary N) is 1. The van der Waals surface area contributed by atoms with E-state index in [0.29, 0.717) is 10.9 Å². The molecular weight excluding hydrogens is 258 g/mol. The van der Waals surface area contributed by atoms with Crippen molar-refractivity contribution in [2.45, 2.75) is 13.0 Å². The summed E-state index contributed by atoms with van der Waals surface area (Å²) < 4.78 is 25.4. The summed E-state index contributed by atoms with van der Waals surface area (Å²) in [5.41, 5.74) is 4.86. The van der Waals surface area contributed by atoms with Gasteiger partial charge in [0.15, 0.2) is 6.29 Å². The maximum absolute atomic E-state index is 12.5. The number of aldehydes is 1. The molecule has 0 fully saturated rings. The minimum absolute atomic E-state index is 0.0539. The molecule has 1 heterocycles. The van der Waals surface area contributed by atoms with Gasteiger partial charge < -0.3 is 5.73 Å². The van der Waals surface area contributed by atoms with Crippen LogP contribution in [0.15, 0.2) is 10.7 Å². The Bertz CT molecular complexity index is 357. The van der Waals surface area contributed by atoms with Crippen LogP contribution in [-0.2, 0) is 6.54 Å². The van der Waals surface area contributed by atoms with Crippen LogP contribution in [0.4, 0.5) is 8.78 Å². The molecule has 0 bridgehead atoms. The van der Waals surface area contributed by atoms with Crippen LogP contribution in [0, 0.1) is 0 Å². The Labute approximate surface area is 87.4 Å². The maximum atomic E-state index is 12.5. The third-order valence-electron chi connectivity index (χ3n) is 1.69. The number of alkyl halides is 2. The lowest BCUT2D eigenvalue weighted by atomic mass is 10.1. The van der Waals surface area contributed by atoms with E-state index in [1.165, 1.54) is 6.07 Å². The lowest BCUT2D eigenvalue weighted by Gasteiger charge is -2.09. The van der Waals surface area contributed by atoms with Crippen LogP contribution in [0.25, 0.3) is 0 Å². The predicted octanol–water partition coefficient (Wildman–Crippen LogP) is 2.05. The molecule has 2 N–H and O–H groups in total. The maximum Gasteiger partial charge on any atom is 0.266 e. The Morgan fingerprint density at radius 2 is 2.29 bits per heavy atom. The zero-order valence-electron chi connectivity index (χ0n) is 7.01. The lowest BCUT2D eigenvalue weighted by Crippen LogP contribution is -2.07. The number of halogens is 3. The molecular formula is C8H7BrF2N2O. The largest absolute Gasteiger partial charge is 0.326 e. The second kappa shape index (κ2) is 4.56. The fourth-order valence-electron chi connectivity index (χ4n) is 1.10. The van der Waals surface area contributed by atoms with Crippen molar-refractivity contribution >= 4 is 22.2 Å². The Morgan fingerprint density at radius 3 is 2.71 bits per heavy atom. The van der Waals surface area contributed by atoms with Crippen LogP contribution in [0.3, 0.4) is 0 Å². The van der Waals surface area contributed by atoms with Crippen LogP contribution in [-0.4, -0.2) is 11.3 Å². The number of hydrogen-bond donors (Lipinski definition) is 1. The topological polar surface area (TPSA) is 56.0 Å². The van der Waals surface area contributed by atoms with Gasteiger partial charge in [-0.3, -0.25) is 4.79 Å². The number of pyridine rings is 1. The number of aromatic nitrogens is 1. The van der Waals surface area contributed by atoms with Crippen LogP contribution in [0.1, 0.15) is 28.0 Å². The minimum atomic E-state index is -2.74. The molecule has 0 aromatic carbocycles. The third kappa shape index (κ3) is 2.13. The molecule has 0 radical (unpaired) electrons. The third-order valence-corrected chi connectivity index (χ3v) is 2.10. The summed E-state index contributed by atoms with van der Waals surface area (Å²) in [4.78, 5) is 14.1. The summed E-state index contributed by atoms with van der Waals surface area (Å²) in [7, 11) is 0. The summed E-state index contributed by atoms with van der Waals surface area (Å²) in [6, 6.07) is 1.38. The Kier molecular flexibility index (Phi) is 3.65. The van der Waals surface area contributed by atoms with Gasteiger partial charge in [-0.15, -0.1) is 0 Å². The molecule has 14 heavy (non-hydrogen) atoms. The molecule has 0 aliphatic carbocycles. The van der Waals surface area contributed by atoms with Gasteiger partial charge in [-0.05, 0) is 27.6 Å². The van der Waals surface area contributed by atoms with Crippen LogP contribution < -0.4 is 5.73 Å². The van der Waals surface area contributed by atoms with E-state index in [0.717, 1.165) is 0 Å². The second-order valence-corrected chi connectivity index (χ2v) is 3.34. The molecule has 0 aliphatic rings. The highest BCUT2D eigenvalue weighted by Crippen LogP contribution is 2.26. The Hall–Kier alpha value is -0.880. The molecule has 1 aromatic rings. The Morgan fingerprint density at radius 1 is 1.64 bits per heavy atom. The minimum Gasteiger partial charge on any atom is -0.326 e. The van der Waals surface area contributed by atoms with Crippen molar-refractivity contribution in [1.29, 1.82) is 0 Å². The van der Waals surface area contributed by atoms with Crippen molar-refractivity contribution in [2.75, 3.05) is 0 Å². The summed E-state index contributed by atoms with van der Waals surface area (Å²) in [5, 5.41) is 0. The van der Waals surface area contributed by atoms with E-state index in [1.54, 1.807) is 0 Å². The van der Waals surface area contributed by atoms with E-state index in [2.05, 4.69) is 20.9 Å². The van der Waals surface area contributed by atoms with Gasteiger partial charge >= 0.3 is 0 Å². The highest BCUT2D eigenvalue weighted by molar-refractivity contribution is 9.10. The first-order chi connectivity index (χ1) is 6.60. The van der Waals surface area contributed by atoms with E-state index in [4.69, 9.17) is 5.73 Å². The molecule has 0 saturated carbocycles. The standard InChI is InChI=1S/C8H7BrF2N2O/c9-6-1-4(2-12)7(8(10)11)5(3-14)13-6/h1,3,8H,2,12H2. The van der Waals surface area contributed by atoms with Gasteiger partial charge in [-0.25, -0.2) is 13.8 Å². The van der Waals surface area contributed by atoms with E-state index in [-0.39, 0.29) is 23.4 Å². The van der Waals surface area contributed by atoms with Crippen molar-refractivity contribution < 1.29 is 13.6 Å². The van der Waals surface area contributed by atoms with Crippen molar-refractivity contribution in [3.05, 3.63) is 27.5 Å². The van der Waals surface area contributed by atoms with Gasteiger partial charge in [-0.2, -0.15) is 0 Å². The second-order valence-electron chi connectivity index (χ2n) is 2.53. The van der Waals surface area contributed by atoms with E-state index < -0.39 is 6.43 Å². The first kappa shape index (κ1) is 11.2. The predicted molar refractivity (Wildman–Crippen MR) is 50.2 cm³/mol.